The molecule has 0 amide bonds. The third-order valence-electron chi connectivity index (χ3n) is 3.45. The Kier molecular flexibility index (Phi) is 1.63. The highest BCUT2D eigenvalue weighted by molar-refractivity contribution is 5.44. The molecule has 1 aliphatic heterocycles. The first-order valence-corrected chi connectivity index (χ1v) is 5.19. The Balaban J connectivity index is 1.88. The highest BCUT2D eigenvalue weighted by Gasteiger charge is 2.41. The average molecular weight is 190 g/mol. The van der Waals surface area contributed by atoms with E-state index in [0.717, 1.165) is 18.3 Å². The van der Waals surface area contributed by atoms with Crippen molar-refractivity contribution in [1.82, 2.24) is 9.97 Å². The molecule has 2 aliphatic rings. The molecule has 4 nitrogen and oxygen atoms in total. The van der Waals surface area contributed by atoms with E-state index in [0.29, 0.717) is 11.9 Å². The summed E-state index contributed by atoms with van der Waals surface area (Å²) in [7, 11) is 0. The second-order valence-electron chi connectivity index (χ2n) is 4.19. The highest BCUT2D eigenvalue weighted by Crippen LogP contribution is 2.41. The summed E-state index contributed by atoms with van der Waals surface area (Å²) >= 11 is 0. The molecule has 4 heteroatoms. The van der Waals surface area contributed by atoms with Crippen LogP contribution in [0.25, 0.3) is 0 Å². The SMILES string of the molecule is Nc1cncc(N2CCC3CCC32)n1. The van der Waals surface area contributed by atoms with Gasteiger partial charge in [-0.3, -0.25) is 4.98 Å². The monoisotopic (exact) mass is 190 g/mol. The summed E-state index contributed by atoms with van der Waals surface area (Å²) < 4.78 is 0. The van der Waals surface area contributed by atoms with E-state index in [9.17, 15) is 0 Å². The predicted octanol–water partition coefficient (Wildman–Crippen LogP) is 1.05. The van der Waals surface area contributed by atoms with Gasteiger partial charge < -0.3 is 10.6 Å². The lowest BCUT2D eigenvalue weighted by atomic mass is 9.80. The number of fused-ring (bicyclic) bond motifs is 1. The van der Waals surface area contributed by atoms with Crippen LogP contribution in [0.4, 0.5) is 11.6 Å². The van der Waals surface area contributed by atoms with E-state index < -0.39 is 0 Å². The first kappa shape index (κ1) is 8.03. The smallest absolute Gasteiger partial charge is 0.149 e. The van der Waals surface area contributed by atoms with Gasteiger partial charge in [-0.15, -0.1) is 0 Å². The van der Waals surface area contributed by atoms with Crippen LogP contribution in [0.3, 0.4) is 0 Å². The molecule has 2 unspecified atom stereocenters. The summed E-state index contributed by atoms with van der Waals surface area (Å²) in [6.45, 7) is 1.12. The first-order valence-electron chi connectivity index (χ1n) is 5.19. The van der Waals surface area contributed by atoms with Gasteiger partial charge in [0.05, 0.1) is 12.4 Å². The van der Waals surface area contributed by atoms with Crippen LogP contribution in [0.2, 0.25) is 0 Å². The maximum atomic E-state index is 5.62. The van der Waals surface area contributed by atoms with Gasteiger partial charge in [0.2, 0.25) is 0 Å². The van der Waals surface area contributed by atoms with Crippen molar-refractivity contribution in [1.29, 1.82) is 0 Å². The van der Waals surface area contributed by atoms with Crippen molar-refractivity contribution < 1.29 is 0 Å². The molecular formula is C10H14N4. The van der Waals surface area contributed by atoms with Crippen LogP contribution in [-0.2, 0) is 0 Å². The summed E-state index contributed by atoms with van der Waals surface area (Å²) in [5.41, 5.74) is 5.62. The molecule has 2 fully saturated rings. The standard InChI is InChI=1S/C10H14N4/c11-9-5-12-6-10(13-9)14-4-3-7-1-2-8(7)14/h5-8H,1-4H2,(H2,11,13). The van der Waals surface area contributed by atoms with Crippen LogP contribution in [0.1, 0.15) is 19.3 Å². The summed E-state index contributed by atoms with van der Waals surface area (Å²) in [5.74, 6) is 2.38. The third-order valence-corrected chi connectivity index (χ3v) is 3.45. The zero-order valence-corrected chi connectivity index (χ0v) is 8.06. The number of aromatic nitrogens is 2. The predicted molar refractivity (Wildman–Crippen MR) is 54.9 cm³/mol. The molecule has 2 atom stereocenters. The van der Waals surface area contributed by atoms with E-state index in [1.165, 1.54) is 19.3 Å². The molecule has 0 radical (unpaired) electrons. The van der Waals surface area contributed by atoms with Crippen molar-refractivity contribution in [2.75, 3.05) is 17.2 Å². The van der Waals surface area contributed by atoms with Crippen molar-refractivity contribution in [2.45, 2.75) is 25.3 Å². The van der Waals surface area contributed by atoms with Crippen LogP contribution in [0.15, 0.2) is 12.4 Å². The van der Waals surface area contributed by atoms with E-state index in [4.69, 9.17) is 5.73 Å². The van der Waals surface area contributed by atoms with Gasteiger partial charge in [0.25, 0.3) is 0 Å². The first-order chi connectivity index (χ1) is 6.84. The Labute approximate surface area is 83.1 Å². The van der Waals surface area contributed by atoms with Crippen LogP contribution < -0.4 is 10.6 Å². The molecule has 1 aromatic rings. The van der Waals surface area contributed by atoms with E-state index >= 15 is 0 Å². The Bertz CT molecular complexity index is 352. The Hall–Kier alpha value is -1.32. The summed E-state index contributed by atoms with van der Waals surface area (Å²) in [4.78, 5) is 10.8. The van der Waals surface area contributed by atoms with Crippen molar-refractivity contribution in [3.8, 4) is 0 Å². The minimum Gasteiger partial charge on any atom is -0.382 e. The summed E-state index contributed by atoms with van der Waals surface area (Å²) in [6, 6.07) is 0.714. The number of nitrogens with zero attached hydrogens (tertiary/aromatic N) is 3. The van der Waals surface area contributed by atoms with Gasteiger partial charge in [0.1, 0.15) is 11.6 Å². The van der Waals surface area contributed by atoms with Crippen LogP contribution in [0, 0.1) is 5.92 Å². The molecule has 0 aromatic carbocycles. The largest absolute Gasteiger partial charge is 0.382 e. The molecule has 3 rings (SSSR count). The van der Waals surface area contributed by atoms with Crippen LogP contribution in [-0.4, -0.2) is 22.6 Å². The normalized spacial score (nSPS) is 29.9. The zero-order valence-electron chi connectivity index (χ0n) is 8.06. The molecule has 1 aliphatic carbocycles. The number of nitrogen functional groups attached to an aromatic ring is 1. The van der Waals surface area contributed by atoms with Crippen molar-refractivity contribution >= 4 is 11.6 Å². The maximum absolute atomic E-state index is 5.62. The van der Waals surface area contributed by atoms with E-state index in [-0.39, 0.29) is 0 Å². The Morgan fingerprint density at radius 3 is 2.86 bits per heavy atom. The number of nitrogens with two attached hydrogens (primary N) is 1. The third kappa shape index (κ3) is 1.06. The summed E-state index contributed by atoms with van der Waals surface area (Å²) in [5, 5.41) is 0. The minimum absolute atomic E-state index is 0.519. The fraction of sp³-hybridized carbons (Fsp3) is 0.600. The van der Waals surface area contributed by atoms with Gasteiger partial charge in [-0.1, -0.05) is 0 Å². The molecule has 0 spiro atoms. The lowest BCUT2D eigenvalue weighted by Gasteiger charge is -2.36. The molecule has 1 saturated heterocycles. The topological polar surface area (TPSA) is 55.0 Å². The Morgan fingerprint density at radius 2 is 2.21 bits per heavy atom. The van der Waals surface area contributed by atoms with Crippen molar-refractivity contribution in [2.24, 2.45) is 5.92 Å². The van der Waals surface area contributed by atoms with Gasteiger partial charge in [-0.05, 0) is 25.2 Å². The molecule has 0 bridgehead atoms. The van der Waals surface area contributed by atoms with Gasteiger partial charge in [0, 0.05) is 12.6 Å². The fourth-order valence-electron chi connectivity index (χ4n) is 2.56. The number of rotatable bonds is 1. The van der Waals surface area contributed by atoms with E-state index in [2.05, 4.69) is 14.9 Å². The van der Waals surface area contributed by atoms with Crippen molar-refractivity contribution in [3.63, 3.8) is 0 Å². The maximum Gasteiger partial charge on any atom is 0.149 e. The zero-order chi connectivity index (χ0) is 9.54. The number of hydrogen-bond acceptors (Lipinski definition) is 4. The fourth-order valence-corrected chi connectivity index (χ4v) is 2.56. The number of hydrogen-bond donors (Lipinski definition) is 1. The van der Waals surface area contributed by atoms with Gasteiger partial charge in [0.15, 0.2) is 0 Å². The van der Waals surface area contributed by atoms with Crippen molar-refractivity contribution in [3.05, 3.63) is 12.4 Å². The second kappa shape index (κ2) is 2.83. The number of anilines is 2. The van der Waals surface area contributed by atoms with Gasteiger partial charge in [-0.25, -0.2) is 4.98 Å². The summed E-state index contributed by atoms with van der Waals surface area (Å²) in [6.07, 6.45) is 7.41. The van der Waals surface area contributed by atoms with Crippen LogP contribution >= 0.6 is 0 Å². The van der Waals surface area contributed by atoms with E-state index in [1.807, 2.05) is 6.20 Å². The highest BCUT2D eigenvalue weighted by atomic mass is 15.3. The quantitative estimate of drug-likeness (QED) is 0.719. The van der Waals surface area contributed by atoms with Gasteiger partial charge >= 0.3 is 0 Å². The molecule has 1 saturated carbocycles. The average Bonchev–Trinajstić information content (AvgIpc) is 2.41. The van der Waals surface area contributed by atoms with Gasteiger partial charge in [-0.2, -0.15) is 0 Å². The molecular weight excluding hydrogens is 176 g/mol. The lowest BCUT2D eigenvalue weighted by Crippen LogP contribution is -2.39. The Morgan fingerprint density at radius 1 is 1.29 bits per heavy atom. The molecule has 74 valence electrons. The van der Waals surface area contributed by atoms with E-state index in [1.54, 1.807) is 6.20 Å². The second-order valence-corrected chi connectivity index (χ2v) is 4.19. The van der Waals surface area contributed by atoms with Crippen LogP contribution in [0.5, 0.6) is 0 Å². The molecule has 1 aromatic heterocycles. The molecule has 2 heterocycles. The molecule has 2 N–H and O–H groups in total. The lowest BCUT2D eigenvalue weighted by molar-refractivity contribution is 0.294. The molecule has 14 heavy (non-hydrogen) atoms. The minimum atomic E-state index is 0.519.